The summed E-state index contributed by atoms with van der Waals surface area (Å²) in [6.45, 7) is 3.24. The number of carbonyl (C=O) groups is 4. The Morgan fingerprint density at radius 2 is 1.66 bits per heavy atom. The molecular weight excluding hydrogens is 847 g/mol. The minimum Gasteiger partial charge on any atom is -0.495 e. The Bertz CT molecular complexity index is 2380. The molecular formula is C44H44Cl2N4O10S. The van der Waals surface area contributed by atoms with E-state index in [-0.39, 0.29) is 11.8 Å². The number of piperidine rings is 1. The molecule has 61 heavy (non-hydrogen) atoms. The Balaban J connectivity index is 0.000000469. The number of aromatic nitrogens is 1. The predicted molar refractivity (Wildman–Crippen MR) is 230 cm³/mol. The number of aliphatic hydroxyl groups is 1. The molecule has 0 bridgehead atoms. The number of rotatable bonds is 16. The molecule has 0 radical (unpaired) electrons. The maximum Gasteiger partial charge on any atom is 0.336 e. The Labute approximate surface area is 366 Å². The van der Waals surface area contributed by atoms with Gasteiger partial charge >= 0.3 is 17.9 Å². The second-order valence-electron chi connectivity index (χ2n) is 14.5. The summed E-state index contributed by atoms with van der Waals surface area (Å²) in [4.78, 5) is 53.2. The summed E-state index contributed by atoms with van der Waals surface area (Å²) in [7, 11) is 3.30. The van der Waals surface area contributed by atoms with Gasteiger partial charge in [0, 0.05) is 31.1 Å². The van der Waals surface area contributed by atoms with Crippen LogP contribution in [0.3, 0.4) is 0 Å². The largest absolute Gasteiger partial charge is 0.495 e. The van der Waals surface area contributed by atoms with Crippen molar-refractivity contribution in [1.29, 1.82) is 5.26 Å². The van der Waals surface area contributed by atoms with Gasteiger partial charge in [-0.2, -0.15) is 5.26 Å². The van der Waals surface area contributed by atoms with Gasteiger partial charge < -0.3 is 39.7 Å². The Morgan fingerprint density at radius 1 is 0.984 bits per heavy atom. The minimum atomic E-state index is -2.74. The number of nitriles is 1. The van der Waals surface area contributed by atoms with E-state index in [4.69, 9.17) is 53.1 Å². The fraction of sp³-hybridized carbons (Fsp3) is 0.318. The van der Waals surface area contributed by atoms with E-state index >= 15 is 0 Å². The van der Waals surface area contributed by atoms with Crippen LogP contribution in [0.2, 0.25) is 10.0 Å². The van der Waals surface area contributed by atoms with Crippen LogP contribution in [0.1, 0.15) is 71.0 Å². The molecule has 0 saturated carbocycles. The third kappa shape index (κ3) is 12.0. The lowest BCUT2D eigenvalue weighted by Crippen LogP contribution is -2.42. The highest BCUT2D eigenvalue weighted by Crippen LogP contribution is 2.38. The molecule has 14 nitrogen and oxygen atoms in total. The van der Waals surface area contributed by atoms with Crippen molar-refractivity contribution in [3.63, 3.8) is 0 Å². The van der Waals surface area contributed by atoms with Crippen molar-refractivity contribution in [3.8, 4) is 22.8 Å². The number of hydrogen-bond donors (Lipinski definition) is 4. The first-order chi connectivity index (χ1) is 29.1. The Kier molecular flexibility index (Phi) is 16.1. The third-order valence-electron chi connectivity index (χ3n) is 10.4. The van der Waals surface area contributed by atoms with Crippen molar-refractivity contribution < 1.29 is 49.1 Å². The van der Waals surface area contributed by atoms with Crippen molar-refractivity contribution in [2.45, 2.75) is 49.5 Å². The number of carboxylic acid groups (broad SMARTS) is 3. The molecule has 1 atom stereocenters. The number of amides is 1. The summed E-state index contributed by atoms with van der Waals surface area (Å²) < 4.78 is 11.8. The number of fused-ring (bicyclic) bond motifs is 1. The SMILES string of the molecule is COc1c(C#N)cc2ccccc2c1C(=O)N(C)C[C@@H](CCN1CCC(c2ccccc2Oc2nccs2)CC1)c1ccc(Cl)c(Cl)c1.O=C(O)CC(O)(CC(=O)O)C(=O)O. The molecule has 1 fully saturated rings. The molecule has 4 N–H and O–H groups in total. The smallest absolute Gasteiger partial charge is 0.336 e. The molecule has 0 aliphatic carbocycles. The van der Waals surface area contributed by atoms with Gasteiger partial charge in [0.1, 0.15) is 17.6 Å². The number of carbonyl (C=O) groups excluding carboxylic acids is 1. The molecule has 1 aliphatic rings. The first kappa shape index (κ1) is 46.3. The number of nitrogens with zero attached hydrogens (tertiary/aromatic N) is 4. The highest BCUT2D eigenvalue weighted by Gasteiger charge is 2.41. The number of aliphatic carboxylic acids is 3. The normalized spacial score (nSPS) is 13.6. The molecule has 1 amide bonds. The van der Waals surface area contributed by atoms with E-state index in [1.54, 1.807) is 24.2 Å². The number of methoxy groups -OCH3 is 1. The number of ether oxygens (including phenoxy) is 2. The van der Waals surface area contributed by atoms with Crippen LogP contribution in [0, 0.1) is 11.3 Å². The highest BCUT2D eigenvalue weighted by molar-refractivity contribution is 7.11. The summed E-state index contributed by atoms with van der Waals surface area (Å²) in [5.41, 5.74) is 0.232. The number of hydrogen-bond acceptors (Lipinski definition) is 11. The average molecular weight is 892 g/mol. The van der Waals surface area contributed by atoms with E-state index in [0.29, 0.717) is 44.6 Å². The quantitative estimate of drug-likeness (QED) is 0.0738. The number of benzene rings is 4. The van der Waals surface area contributed by atoms with E-state index in [9.17, 15) is 24.4 Å². The number of likely N-dealkylation sites (N-methyl/N-ethyl adjacent to an activating group) is 1. The second-order valence-corrected chi connectivity index (χ2v) is 16.2. The summed E-state index contributed by atoms with van der Waals surface area (Å²) in [6.07, 6.45) is 2.33. The summed E-state index contributed by atoms with van der Waals surface area (Å²) >= 11 is 14.3. The lowest BCUT2D eigenvalue weighted by molar-refractivity contribution is -0.170. The number of halogens is 2. The fourth-order valence-corrected chi connectivity index (χ4v) is 8.16. The van der Waals surface area contributed by atoms with Gasteiger partial charge in [0.15, 0.2) is 5.60 Å². The second kappa shape index (κ2) is 21.2. The number of thiazole rings is 1. The fourth-order valence-electron chi connectivity index (χ4n) is 7.36. The van der Waals surface area contributed by atoms with Gasteiger partial charge in [0.2, 0.25) is 0 Å². The predicted octanol–water partition coefficient (Wildman–Crippen LogP) is 8.15. The van der Waals surface area contributed by atoms with Crippen molar-refractivity contribution >= 4 is 69.1 Å². The first-order valence-electron chi connectivity index (χ1n) is 19.1. The number of carboxylic acids is 3. The molecule has 5 aromatic rings. The van der Waals surface area contributed by atoms with Gasteiger partial charge in [-0.05, 0) is 91.0 Å². The van der Waals surface area contributed by atoms with E-state index in [1.165, 1.54) is 24.0 Å². The van der Waals surface area contributed by atoms with Crippen LogP contribution in [-0.4, -0.2) is 105 Å². The van der Waals surface area contributed by atoms with Crippen LogP contribution in [0.4, 0.5) is 0 Å². The van der Waals surface area contributed by atoms with Gasteiger partial charge in [-0.1, -0.05) is 83.1 Å². The zero-order valence-electron chi connectivity index (χ0n) is 33.3. The van der Waals surface area contributed by atoms with E-state index in [1.807, 2.05) is 60.0 Å². The zero-order valence-corrected chi connectivity index (χ0v) is 35.6. The molecule has 0 unspecified atom stereocenters. The standard InChI is InChI=1S/C38H36Cl2N4O3S.C6H8O7/c1-43(37(45)35-31-9-4-3-7-27(31)21-29(23-41)36(35)46-2)24-28(26-11-12-32(39)33(40)22-26)15-19-44-17-13-25(14-18-44)30-8-5-6-10-34(30)47-38-42-16-20-48-38;7-3(8)1-6(13,5(11)12)2-4(9)10/h3-12,16,20-22,25,28H,13-15,17-19,24H2,1-2H3;13H,1-2H2,(H,7,8)(H,9,10)(H,11,12)/t28-;/m1./s1. The molecule has 4 aromatic carbocycles. The van der Waals surface area contributed by atoms with Crippen molar-refractivity contribution in [1.82, 2.24) is 14.8 Å². The Hall–Kier alpha value is -5.76. The van der Waals surface area contributed by atoms with E-state index in [0.717, 1.165) is 61.0 Å². The highest BCUT2D eigenvalue weighted by atomic mass is 35.5. The van der Waals surface area contributed by atoms with Crippen molar-refractivity contribution in [2.24, 2.45) is 0 Å². The topological polar surface area (TPSA) is 211 Å². The molecule has 0 spiro atoms. The van der Waals surface area contributed by atoms with Crippen LogP contribution < -0.4 is 9.47 Å². The molecule has 1 aromatic heterocycles. The maximum atomic E-state index is 14.2. The lowest BCUT2D eigenvalue weighted by atomic mass is 9.88. The first-order valence-corrected chi connectivity index (χ1v) is 20.8. The number of likely N-dealkylation sites (tertiary alicyclic amines) is 1. The monoisotopic (exact) mass is 890 g/mol. The molecule has 320 valence electrons. The molecule has 6 rings (SSSR count). The van der Waals surface area contributed by atoms with Gasteiger partial charge in [-0.3, -0.25) is 14.4 Å². The molecule has 2 heterocycles. The van der Waals surface area contributed by atoms with Gasteiger partial charge in [-0.25, -0.2) is 9.78 Å². The molecule has 17 heteroatoms. The molecule has 1 aliphatic heterocycles. The molecule has 1 saturated heterocycles. The van der Waals surface area contributed by atoms with Gasteiger partial charge in [0.25, 0.3) is 11.1 Å². The van der Waals surface area contributed by atoms with Crippen LogP contribution >= 0.6 is 34.5 Å². The van der Waals surface area contributed by atoms with Crippen LogP contribution in [-0.2, 0) is 14.4 Å². The van der Waals surface area contributed by atoms with Gasteiger partial charge in [-0.15, -0.1) is 0 Å². The van der Waals surface area contributed by atoms with E-state index < -0.39 is 36.4 Å². The maximum absolute atomic E-state index is 14.2. The summed E-state index contributed by atoms with van der Waals surface area (Å²) in [6, 6.07) is 25.5. The van der Waals surface area contributed by atoms with Crippen LogP contribution in [0.5, 0.6) is 16.7 Å². The summed E-state index contributed by atoms with van der Waals surface area (Å²) in [5, 5.41) is 48.8. The zero-order chi connectivity index (χ0) is 44.3. The Morgan fingerprint density at radius 3 is 2.26 bits per heavy atom. The third-order valence-corrected chi connectivity index (χ3v) is 11.8. The van der Waals surface area contributed by atoms with Gasteiger partial charge in [0.05, 0.1) is 41.1 Å². The summed E-state index contributed by atoms with van der Waals surface area (Å²) in [5.74, 6) is -3.65. The van der Waals surface area contributed by atoms with Crippen molar-refractivity contribution in [3.05, 3.63) is 117 Å². The minimum absolute atomic E-state index is 0.00438. The number of para-hydroxylation sites is 1. The average Bonchev–Trinajstić information content (AvgIpc) is 3.75. The van der Waals surface area contributed by atoms with Crippen LogP contribution in [0.15, 0.2) is 84.4 Å². The lowest BCUT2D eigenvalue weighted by Gasteiger charge is -2.34. The van der Waals surface area contributed by atoms with Crippen molar-refractivity contribution in [2.75, 3.05) is 40.3 Å². The van der Waals surface area contributed by atoms with E-state index in [2.05, 4.69) is 28.1 Å². The van der Waals surface area contributed by atoms with Crippen LogP contribution in [0.25, 0.3) is 10.8 Å².